The summed E-state index contributed by atoms with van der Waals surface area (Å²) in [6, 6.07) is -0.806. The van der Waals surface area contributed by atoms with E-state index < -0.39 is 42.2 Å². The topological polar surface area (TPSA) is 91.0 Å². The quantitative estimate of drug-likeness (QED) is 0.579. The third kappa shape index (κ3) is 4.26. The molecule has 12 heteroatoms. The van der Waals surface area contributed by atoms with Crippen LogP contribution in [0.15, 0.2) is 12.3 Å². The number of aromatic nitrogens is 4. The number of hydrogen-bond donors (Lipinski definition) is 1. The fourth-order valence-corrected chi connectivity index (χ4v) is 2.28. The number of alkyl halides is 4. The van der Waals surface area contributed by atoms with E-state index in [9.17, 15) is 27.2 Å². The standard InChI is InChI=1S/C15H17F4N5O3/c1-4-27-15(26)8-6-20-23(3)13(8)21-14(25)7(2)24-10(12(18)19)5-9(22-24)11(16)17/h5-7,11-12H,4H2,1-3H3,(H,21,25). The van der Waals surface area contributed by atoms with E-state index in [-0.39, 0.29) is 18.0 Å². The van der Waals surface area contributed by atoms with Crippen LogP contribution in [0.25, 0.3) is 0 Å². The lowest BCUT2D eigenvalue weighted by molar-refractivity contribution is -0.119. The number of esters is 1. The van der Waals surface area contributed by atoms with Crippen LogP contribution in [0.4, 0.5) is 23.4 Å². The molecule has 2 aromatic rings. The van der Waals surface area contributed by atoms with Crippen molar-refractivity contribution in [1.29, 1.82) is 0 Å². The molecular formula is C15H17F4N5O3. The van der Waals surface area contributed by atoms with Crippen molar-refractivity contribution >= 4 is 17.7 Å². The van der Waals surface area contributed by atoms with Gasteiger partial charge in [0.2, 0.25) is 5.91 Å². The zero-order valence-electron chi connectivity index (χ0n) is 14.6. The van der Waals surface area contributed by atoms with Crippen LogP contribution in [-0.4, -0.2) is 38.0 Å². The number of aryl methyl sites for hydroxylation is 1. The molecule has 1 N–H and O–H groups in total. The van der Waals surface area contributed by atoms with Gasteiger partial charge < -0.3 is 10.1 Å². The molecule has 0 bridgehead atoms. The molecule has 8 nitrogen and oxygen atoms in total. The Morgan fingerprint density at radius 1 is 1.26 bits per heavy atom. The number of amides is 1. The number of carbonyl (C=O) groups excluding carboxylic acids is 2. The molecule has 2 rings (SSSR count). The Morgan fingerprint density at radius 2 is 1.93 bits per heavy atom. The SMILES string of the molecule is CCOC(=O)c1cnn(C)c1NC(=O)C(C)n1nc(C(F)F)cc1C(F)F. The Morgan fingerprint density at radius 3 is 2.48 bits per heavy atom. The van der Waals surface area contributed by atoms with Crippen LogP contribution in [0.3, 0.4) is 0 Å². The Labute approximate surface area is 151 Å². The minimum absolute atomic E-state index is 0.0230. The van der Waals surface area contributed by atoms with E-state index in [0.717, 1.165) is 0 Å². The summed E-state index contributed by atoms with van der Waals surface area (Å²) in [6.07, 6.45) is -5.00. The van der Waals surface area contributed by atoms with Crippen LogP contribution >= 0.6 is 0 Å². The average molecular weight is 391 g/mol. The first-order valence-electron chi connectivity index (χ1n) is 7.82. The number of hydrogen-bond acceptors (Lipinski definition) is 5. The zero-order chi connectivity index (χ0) is 20.3. The number of rotatable bonds is 7. The summed E-state index contributed by atoms with van der Waals surface area (Å²) in [6.45, 7) is 2.90. The maximum Gasteiger partial charge on any atom is 0.343 e. The van der Waals surface area contributed by atoms with Crippen LogP contribution in [-0.2, 0) is 16.6 Å². The predicted octanol–water partition coefficient (Wildman–Crippen LogP) is 2.87. The van der Waals surface area contributed by atoms with Gasteiger partial charge in [0.1, 0.15) is 28.8 Å². The van der Waals surface area contributed by atoms with Crippen LogP contribution in [0.2, 0.25) is 0 Å². The molecule has 0 saturated carbocycles. The normalized spacial score (nSPS) is 12.5. The molecule has 0 radical (unpaired) electrons. The minimum atomic E-state index is -3.10. The smallest absolute Gasteiger partial charge is 0.343 e. The summed E-state index contributed by atoms with van der Waals surface area (Å²) < 4.78 is 58.3. The average Bonchev–Trinajstić information content (AvgIpc) is 3.19. The van der Waals surface area contributed by atoms with Crippen LogP contribution in [0.5, 0.6) is 0 Å². The Hall–Kier alpha value is -2.92. The fourth-order valence-electron chi connectivity index (χ4n) is 2.28. The van der Waals surface area contributed by atoms with Crippen LogP contribution in [0.1, 0.15) is 54.5 Å². The summed E-state index contributed by atoms with van der Waals surface area (Å²) in [7, 11) is 1.44. The molecule has 1 atom stereocenters. The summed E-state index contributed by atoms with van der Waals surface area (Å²) >= 11 is 0. The molecule has 0 saturated heterocycles. The van der Waals surface area contributed by atoms with Crippen molar-refractivity contribution in [3.05, 3.63) is 29.2 Å². The zero-order valence-corrected chi connectivity index (χ0v) is 14.6. The van der Waals surface area contributed by atoms with E-state index in [1.54, 1.807) is 6.92 Å². The van der Waals surface area contributed by atoms with E-state index >= 15 is 0 Å². The highest BCUT2D eigenvalue weighted by atomic mass is 19.3. The van der Waals surface area contributed by atoms with Crippen molar-refractivity contribution < 1.29 is 31.9 Å². The van der Waals surface area contributed by atoms with Gasteiger partial charge in [0, 0.05) is 7.05 Å². The van der Waals surface area contributed by atoms with E-state index in [1.165, 1.54) is 24.9 Å². The monoisotopic (exact) mass is 391 g/mol. The van der Waals surface area contributed by atoms with Crippen LogP contribution < -0.4 is 5.32 Å². The molecule has 0 aliphatic rings. The van der Waals surface area contributed by atoms with Crippen molar-refractivity contribution in [2.75, 3.05) is 11.9 Å². The third-order valence-corrected chi connectivity index (χ3v) is 3.65. The first kappa shape index (κ1) is 20.4. The molecule has 0 aliphatic carbocycles. The second kappa shape index (κ2) is 8.18. The molecule has 0 spiro atoms. The highest BCUT2D eigenvalue weighted by molar-refractivity contribution is 6.01. The molecule has 27 heavy (non-hydrogen) atoms. The number of carbonyl (C=O) groups is 2. The highest BCUT2D eigenvalue weighted by Gasteiger charge is 2.28. The number of nitrogens with zero attached hydrogens (tertiary/aromatic N) is 4. The number of nitrogens with one attached hydrogen (secondary N) is 1. The molecule has 1 unspecified atom stereocenters. The second-order valence-electron chi connectivity index (χ2n) is 5.46. The molecule has 2 heterocycles. The molecule has 2 aromatic heterocycles. The minimum Gasteiger partial charge on any atom is -0.462 e. The van der Waals surface area contributed by atoms with Crippen molar-refractivity contribution in [2.24, 2.45) is 7.05 Å². The first-order chi connectivity index (χ1) is 12.7. The largest absolute Gasteiger partial charge is 0.462 e. The van der Waals surface area contributed by atoms with Crippen molar-refractivity contribution in [3.8, 4) is 0 Å². The lowest BCUT2D eigenvalue weighted by atomic mass is 10.2. The van der Waals surface area contributed by atoms with Gasteiger partial charge in [-0.25, -0.2) is 22.4 Å². The van der Waals surface area contributed by atoms with Crippen LogP contribution in [0, 0.1) is 0 Å². The summed E-state index contributed by atoms with van der Waals surface area (Å²) in [4.78, 5) is 24.3. The van der Waals surface area contributed by atoms with Crippen molar-refractivity contribution in [1.82, 2.24) is 19.6 Å². The third-order valence-electron chi connectivity index (χ3n) is 3.65. The van der Waals surface area contributed by atoms with Crippen molar-refractivity contribution in [3.63, 3.8) is 0 Å². The van der Waals surface area contributed by atoms with Gasteiger partial charge in [-0.1, -0.05) is 0 Å². The molecule has 148 valence electrons. The Bertz CT molecular complexity index is 834. The van der Waals surface area contributed by atoms with Gasteiger partial charge in [-0.05, 0) is 19.9 Å². The number of anilines is 1. The maximum absolute atomic E-state index is 13.1. The van der Waals surface area contributed by atoms with E-state index in [0.29, 0.717) is 10.7 Å². The van der Waals surface area contributed by atoms with Gasteiger partial charge in [0.15, 0.2) is 0 Å². The van der Waals surface area contributed by atoms with Gasteiger partial charge >= 0.3 is 5.97 Å². The van der Waals surface area contributed by atoms with Gasteiger partial charge in [-0.3, -0.25) is 14.2 Å². The number of halogens is 4. The lowest BCUT2D eigenvalue weighted by Crippen LogP contribution is -2.27. The molecule has 0 aliphatic heterocycles. The summed E-state index contributed by atoms with van der Waals surface area (Å²) in [5.41, 5.74) is -1.72. The van der Waals surface area contributed by atoms with E-state index in [1.807, 2.05) is 0 Å². The van der Waals surface area contributed by atoms with Crippen molar-refractivity contribution in [2.45, 2.75) is 32.7 Å². The van der Waals surface area contributed by atoms with E-state index in [2.05, 4.69) is 15.5 Å². The van der Waals surface area contributed by atoms with Gasteiger partial charge in [-0.2, -0.15) is 10.2 Å². The summed E-state index contributed by atoms with van der Waals surface area (Å²) in [5.74, 6) is -1.61. The summed E-state index contributed by atoms with van der Waals surface area (Å²) in [5, 5.41) is 9.61. The maximum atomic E-state index is 13.1. The highest BCUT2D eigenvalue weighted by Crippen LogP contribution is 2.28. The molecule has 0 fully saturated rings. The molecular weight excluding hydrogens is 374 g/mol. The van der Waals surface area contributed by atoms with Gasteiger partial charge in [-0.15, -0.1) is 0 Å². The Kier molecular flexibility index (Phi) is 6.18. The first-order valence-corrected chi connectivity index (χ1v) is 7.82. The lowest BCUT2D eigenvalue weighted by Gasteiger charge is -2.16. The predicted molar refractivity (Wildman–Crippen MR) is 84.6 cm³/mol. The number of ether oxygens (including phenoxy) is 1. The van der Waals surface area contributed by atoms with Gasteiger partial charge in [0.25, 0.3) is 12.9 Å². The van der Waals surface area contributed by atoms with Gasteiger partial charge in [0.05, 0.1) is 12.8 Å². The molecule has 0 aromatic carbocycles. The van der Waals surface area contributed by atoms with E-state index in [4.69, 9.17) is 4.74 Å². The fraction of sp³-hybridized carbons (Fsp3) is 0.467. The second-order valence-corrected chi connectivity index (χ2v) is 5.46. The Balaban J connectivity index is 2.30. The molecule has 1 amide bonds.